The second kappa shape index (κ2) is 6.94. The number of benzene rings is 1. The minimum absolute atomic E-state index is 0.181. The Hall–Kier alpha value is -2.28. The van der Waals surface area contributed by atoms with E-state index in [9.17, 15) is 9.59 Å². The molecule has 0 saturated carbocycles. The molecule has 110 valence electrons. The maximum Gasteiger partial charge on any atom is 0.251 e. The summed E-state index contributed by atoms with van der Waals surface area (Å²) in [5.74, 6) is 0.488. The summed E-state index contributed by atoms with van der Waals surface area (Å²) in [4.78, 5) is 29.9. The van der Waals surface area contributed by atoms with Gasteiger partial charge in [-0.05, 0) is 19.1 Å². The molecule has 7 heteroatoms. The summed E-state index contributed by atoms with van der Waals surface area (Å²) in [7, 11) is 1.57. The molecule has 2 rings (SSSR count). The number of rotatable bonds is 5. The fourth-order valence-corrected chi connectivity index (χ4v) is 2.36. The third-order valence-electron chi connectivity index (χ3n) is 2.64. The topological polar surface area (TPSA) is 84.1 Å². The number of nitrogens with zero attached hydrogens (tertiary/aromatic N) is 1. The highest BCUT2D eigenvalue weighted by Crippen LogP contribution is 2.21. The fraction of sp³-hybridized carbons (Fsp3) is 0.214. The molecule has 21 heavy (non-hydrogen) atoms. The van der Waals surface area contributed by atoms with Crippen LogP contribution in [0.3, 0.4) is 0 Å². The van der Waals surface area contributed by atoms with Crippen molar-refractivity contribution < 1.29 is 9.53 Å². The Morgan fingerprint density at radius 3 is 2.95 bits per heavy atom. The lowest BCUT2D eigenvalue weighted by molar-refractivity contribution is -0.115. The molecule has 0 spiro atoms. The molecule has 1 aromatic heterocycles. The van der Waals surface area contributed by atoms with E-state index < -0.39 is 5.25 Å². The second-order valence-corrected chi connectivity index (χ2v) is 5.55. The number of thioether (sulfide) groups is 1. The number of nitrogens with one attached hydrogen (secondary N) is 2. The van der Waals surface area contributed by atoms with Crippen molar-refractivity contribution in [2.45, 2.75) is 17.3 Å². The first-order valence-electron chi connectivity index (χ1n) is 6.25. The number of hydrogen-bond acceptors (Lipinski definition) is 5. The van der Waals surface area contributed by atoms with Crippen molar-refractivity contribution in [2.75, 3.05) is 12.4 Å². The number of anilines is 1. The quantitative estimate of drug-likeness (QED) is 0.651. The Morgan fingerprint density at radius 2 is 2.24 bits per heavy atom. The van der Waals surface area contributed by atoms with Gasteiger partial charge >= 0.3 is 0 Å². The largest absolute Gasteiger partial charge is 0.497 e. The van der Waals surface area contributed by atoms with Gasteiger partial charge in [-0.3, -0.25) is 9.59 Å². The maximum absolute atomic E-state index is 12.1. The van der Waals surface area contributed by atoms with Gasteiger partial charge < -0.3 is 15.0 Å². The van der Waals surface area contributed by atoms with Gasteiger partial charge in [0, 0.05) is 24.0 Å². The molecule has 6 nitrogen and oxygen atoms in total. The van der Waals surface area contributed by atoms with E-state index >= 15 is 0 Å². The lowest BCUT2D eigenvalue weighted by atomic mass is 10.3. The molecule has 0 aliphatic rings. The van der Waals surface area contributed by atoms with Crippen molar-refractivity contribution in [3.63, 3.8) is 0 Å². The van der Waals surface area contributed by atoms with E-state index in [1.54, 1.807) is 38.3 Å². The molecular weight excluding hydrogens is 290 g/mol. The first kappa shape index (κ1) is 15.1. The summed E-state index contributed by atoms with van der Waals surface area (Å²) in [6.45, 7) is 1.74. The van der Waals surface area contributed by atoms with Gasteiger partial charge in [0.15, 0.2) is 5.16 Å². The van der Waals surface area contributed by atoms with Gasteiger partial charge in [0.25, 0.3) is 5.56 Å². The number of amides is 1. The van der Waals surface area contributed by atoms with Crippen LogP contribution in [0.15, 0.2) is 46.5 Å². The van der Waals surface area contributed by atoms with Crippen LogP contribution >= 0.6 is 11.8 Å². The maximum atomic E-state index is 12.1. The zero-order valence-electron chi connectivity index (χ0n) is 11.6. The summed E-state index contributed by atoms with van der Waals surface area (Å²) in [6, 6.07) is 8.43. The number of H-pyrrole nitrogens is 1. The van der Waals surface area contributed by atoms with Crippen molar-refractivity contribution in [1.82, 2.24) is 9.97 Å². The van der Waals surface area contributed by atoms with E-state index in [2.05, 4.69) is 15.3 Å². The van der Waals surface area contributed by atoms with Crippen LogP contribution in [0.5, 0.6) is 5.75 Å². The van der Waals surface area contributed by atoms with Crippen molar-refractivity contribution in [3.8, 4) is 5.75 Å². The van der Waals surface area contributed by atoms with Crippen LogP contribution in [-0.2, 0) is 4.79 Å². The predicted octanol–water partition coefficient (Wildman–Crippen LogP) is 1.90. The average Bonchev–Trinajstić information content (AvgIpc) is 2.47. The third kappa shape index (κ3) is 4.35. The number of carbonyl (C=O) groups is 1. The van der Waals surface area contributed by atoms with Crippen LogP contribution in [0.25, 0.3) is 0 Å². The van der Waals surface area contributed by atoms with E-state index in [1.165, 1.54) is 24.0 Å². The van der Waals surface area contributed by atoms with Gasteiger partial charge in [-0.2, -0.15) is 0 Å². The van der Waals surface area contributed by atoms with Crippen molar-refractivity contribution in [3.05, 3.63) is 46.9 Å². The SMILES string of the molecule is COc1cccc(NC(=O)C(C)Sc2nccc(=O)[nH]2)c1. The molecular formula is C14H15N3O3S. The molecule has 0 aliphatic heterocycles. The number of methoxy groups -OCH3 is 1. The Balaban J connectivity index is 2.00. The van der Waals surface area contributed by atoms with Crippen LogP contribution in [0, 0.1) is 0 Å². The van der Waals surface area contributed by atoms with Crippen LogP contribution in [0.2, 0.25) is 0 Å². The lowest BCUT2D eigenvalue weighted by Crippen LogP contribution is -2.23. The van der Waals surface area contributed by atoms with E-state index in [4.69, 9.17) is 4.74 Å². The average molecular weight is 305 g/mol. The highest BCUT2D eigenvalue weighted by atomic mass is 32.2. The Kier molecular flexibility index (Phi) is 4.99. The summed E-state index contributed by atoms with van der Waals surface area (Å²) in [5.41, 5.74) is 0.411. The predicted molar refractivity (Wildman–Crippen MR) is 81.8 cm³/mol. The van der Waals surface area contributed by atoms with Crippen molar-refractivity contribution in [2.24, 2.45) is 0 Å². The van der Waals surface area contributed by atoms with Crippen molar-refractivity contribution in [1.29, 1.82) is 0 Å². The van der Waals surface area contributed by atoms with E-state index in [0.717, 1.165) is 0 Å². The Bertz CT molecular complexity index is 687. The first-order chi connectivity index (χ1) is 10.1. The van der Waals surface area contributed by atoms with Crippen molar-refractivity contribution >= 4 is 23.4 Å². The molecule has 1 heterocycles. The number of carbonyl (C=O) groups excluding carboxylic acids is 1. The molecule has 0 fully saturated rings. The van der Waals surface area contributed by atoms with Gasteiger partial charge in [-0.1, -0.05) is 17.8 Å². The molecule has 0 aliphatic carbocycles. The van der Waals surface area contributed by atoms with Gasteiger partial charge in [-0.15, -0.1) is 0 Å². The van der Waals surface area contributed by atoms with E-state index in [0.29, 0.717) is 16.6 Å². The molecule has 0 radical (unpaired) electrons. The molecule has 1 atom stereocenters. The van der Waals surface area contributed by atoms with E-state index in [-0.39, 0.29) is 11.5 Å². The summed E-state index contributed by atoms with van der Waals surface area (Å²) >= 11 is 1.19. The molecule has 2 N–H and O–H groups in total. The van der Waals surface area contributed by atoms with Gasteiger partial charge in [0.1, 0.15) is 5.75 Å². The van der Waals surface area contributed by atoms with Crippen LogP contribution in [0.1, 0.15) is 6.92 Å². The Morgan fingerprint density at radius 1 is 1.43 bits per heavy atom. The highest BCUT2D eigenvalue weighted by molar-refractivity contribution is 8.00. The van der Waals surface area contributed by atoms with Gasteiger partial charge in [0.2, 0.25) is 5.91 Å². The van der Waals surface area contributed by atoms with Crippen LogP contribution < -0.4 is 15.6 Å². The standard InChI is InChI=1S/C14H15N3O3S/c1-9(21-14-15-7-6-12(18)17-14)13(19)16-10-4-3-5-11(8-10)20-2/h3-9H,1-2H3,(H,16,19)(H,15,17,18). The van der Waals surface area contributed by atoms with Gasteiger partial charge in [-0.25, -0.2) is 4.98 Å². The molecule has 1 aromatic carbocycles. The summed E-state index contributed by atoms with van der Waals surface area (Å²) in [5, 5.41) is 2.80. The fourth-order valence-electron chi connectivity index (χ4n) is 1.58. The third-order valence-corrected chi connectivity index (χ3v) is 3.64. The highest BCUT2D eigenvalue weighted by Gasteiger charge is 2.16. The van der Waals surface area contributed by atoms with Crippen LogP contribution in [-0.4, -0.2) is 28.2 Å². The monoisotopic (exact) mass is 305 g/mol. The summed E-state index contributed by atoms with van der Waals surface area (Å²) in [6.07, 6.45) is 1.41. The normalized spacial score (nSPS) is 11.7. The number of aromatic nitrogens is 2. The smallest absolute Gasteiger partial charge is 0.251 e. The van der Waals surface area contributed by atoms with Crippen LogP contribution in [0.4, 0.5) is 5.69 Å². The van der Waals surface area contributed by atoms with E-state index in [1.807, 2.05) is 0 Å². The lowest BCUT2D eigenvalue weighted by Gasteiger charge is -2.11. The summed E-state index contributed by atoms with van der Waals surface area (Å²) < 4.78 is 5.10. The minimum atomic E-state index is -0.401. The molecule has 0 bridgehead atoms. The zero-order chi connectivity index (χ0) is 15.2. The number of hydrogen-bond donors (Lipinski definition) is 2. The molecule has 1 amide bonds. The van der Waals surface area contributed by atoms with Gasteiger partial charge in [0.05, 0.1) is 12.4 Å². The molecule has 0 saturated heterocycles. The zero-order valence-corrected chi connectivity index (χ0v) is 12.4. The molecule has 2 aromatic rings. The Labute approximate surface area is 125 Å². The molecule has 1 unspecified atom stereocenters. The minimum Gasteiger partial charge on any atom is -0.497 e. The number of aromatic amines is 1. The second-order valence-electron chi connectivity index (χ2n) is 4.22. The number of ether oxygens (including phenoxy) is 1. The first-order valence-corrected chi connectivity index (χ1v) is 7.13.